The topological polar surface area (TPSA) is 38.3 Å². The smallest absolute Gasteiger partial charge is 0.333 e. The highest BCUT2D eigenvalue weighted by Gasteiger charge is 2.22. The zero-order chi connectivity index (χ0) is 15.2. The minimum Gasteiger partial charge on any atom is -0.464 e. The molecular weight excluding hydrogens is 269 g/mol. The highest BCUT2D eigenvalue weighted by Crippen LogP contribution is 2.23. The van der Waals surface area contributed by atoms with E-state index in [2.05, 4.69) is 5.32 Å². The normalized spacial score (nSPS) is 11.8. The largest absolute Gasteiger partial charge is 0.464 e. The maximum Gasteiger partial charge on any atom is 0.333 e. The summed E-state index contributed by atoms with van der Waals surface area (Å²) in [5.74, 6) is -0.828. The third kappa shape index (κ3) is 3.81. The number of hydrogen-bond donors (Lipinski definition) is 1. The van der Waals surface area contributed by atoms with Crippen LogP contribution in [0.1, 0.15) is 24.1 Å². The average molecular weight is 287 g/mol. The Hall–Kier alpha value is -2.36. The zero-order valence-electron chi connectivity index (χ0n) is 12.1. The molecule has 2 rings (SSSR count). The van der Waals surface area contributed by atoms with Crippen molar-refractivity contribution in [3.8, 4) is 0 Å². The van der Waals surface area contributed by atoms with E-state index in [1.807, 2.05) is 31.2 Å². The number of ether oxygens (including phenoxy) is 1. The van der Waals surface area contributed by atoms with E-state index in [0.29, 0.717) is 0 Å². The Kier molecular flexibility index (Phi) is 4.93. The Morgan fingerprint density at radius 3 is 2.67 bits per heavy atom. The lowest BCUT2D eigenvalue weighted by atomic mass is 10.0. The number of hydrogen-bond acceptors (Lipinski definition) is 3. The SMILES string of the molecule is CCOC(=O)C(Nc1ccccc1F)c1cccc(C)c1. The van der Waals surface area contributed by atoms with Gasteiger partial charge in [0, 0.05) is 0 Å². The van der Waals surface area contributed by atoms with Gasteiger partial charge in [-0.25, -0.2) is 9.18 Å². The van der Waals surface area contributed by atoms with Crippen LogP contribution in [-0.4, -0.2) is 12.6 Å². The van der Waals surface area contributed by atoms with Gasteiger partial charge in [-0.05, 0) is 31.5 Å². The second-order valence-corrected chi connectivity index (χ2v) is 4.72. The van der Waals surface area contributed by atoms with Crippen LogP contribution >= 0.6 is 0 Å². The number of carbonyl (C=O) groups is 1. The van der Waals surface area contributed by atoms with Gasteiger partial charge in [0.25, 0.3) is 0 Å². The van der Waals surface area contributed by atoms with Crippen molar-refractivity contribution in [3.05, 3.63) is 65.5 Å². The fourth-order valence-corrected chi connectivity index (χ4v) is 2.09. The van der Waals surface area contributed by atoms with Gasteiger partial charge in [-0.2, -0.15) is 0 Å². The summed E-state index contributed by atoms with van der Waals surface area (Å²) in [5.41, 5.74) is 2.05. The van der Waals surface area contributed by atoms with E-state index < -0.39 is 17.8 Å². The number of benzene rings is 2. The van der Waals surface area contributed by atoms with Crippen molar-refractivity contribution < 1.29 is 13.9 Å². The minimum absolute atomic E-state index is 0.275. The lowest BCUT2D eigenvalue weighted by Gasteiger charge is -2.19. The Morgan fingerprint density at radius 1 is 1.24 bits per heavy atom. The van der Waals surface area contributed by atoms with Crippen LogP contribution in [0.4, 0.5) is 10.1 Å². The summed E-state index contributed by atoms with van der Waals surface area (Å²) in [4.78, 5) is 12.2. The molecule has 0 aliphatic rings. The van der Waals surface area contributed by atoms with Crippen molar-refractivity contribution in [2.24, 2.45) is 0 Å². The Bertz CT molecular complexity index is 628. The molecule has 0 heterocycles. The van der Waals surface area contributed by atoms with E-state index in [9.17, 15) is 9.18 Å². The molecule has 2 aromatic rings. The molecule has 3 nitrogen and oxygen atoms in total. The molecule has 0 amide bonds. The fraction of sp³-hybridized carbons (Fsp3) is 0.235. The van der Waals surface area contributed by atoms with E-state index in [0.717, 1.165) is 11.1 Å². The first-order valence-electron chi connectivity index (χ1n) is 6.86. The van der Waals surface area contributed by atoms with Crippen LogP contribution < -0.4 is 5.32 Å². The number of esters is 1. The van der Waals surface area contributed by atoms with Crippen molar-refractivity contribution >= 4 is 11.7 Å². The van der Waals surface area contributed by atoms with Crippen LogP contribution in [-0.2, 0) is 9.53 Å². The molecule has 2 aromatic carbocycles. The van der Waals surface area contributed by atoms with Crippen LogP contribution in [0, 0.1) is 12.7 Å². The van der Waals surface area contributed by atoms with Gasteiger partial charge in [-0.1, -0.05) is 42.0 Å². The molecule has 4 heteroatoms. The zero-order valence-corrected chi connectivity index (χ0v) is 12.1. The van der Waals surface area contributed by atoms with Gasteiger partial charge < -0.3 is 10.1 Å². The van der Waals surface area contributed by atoms with Gasteiger partial charge in [-0.15, -0.1) is 0 Å². The summed E-state index contributed by atoms with van der Waals surface area (Å²) in [6.07, 6.45) is 0. The predicted octanol–water partition coefficient (Wildman–Crippen LogP) is 3.85. The second-order valence-electron chi connectivity index (χ2n) is 4.72. The van der Waals surface area contributed by atoms with Crippen LogP contribution in [0.2, 0.25) is 0 Å². The molecule has 0 aliphatic carbocycles. The number of aryl methyl sites for hydroxylation is 1. The predicted molar refractivity (Wildman–Crippen MR) is 80.6 cm³/mol. The number of nitrogens with one attached hydrogen (secondary N) is 1. The maximum atomic E-state index is 13.8. The summed E-state index contributed by atoms with van der Waals surface area (Å²) < 4.78 is 18.9. The molecule has 21 heavy (non-hydrogen) atoms. The molecule has 1 atom stereocenters. The minimum atomic E-state index is -0.734. The number of halogens is 1. The molecule has 110 valence electrons. The van der Waals surface area contributed by atoms with Crippen LogP contribution in [0.25, 0.3) is 0 Å². The third-order valence-electron chi connectivity index (χ3n) is 3.07. The lowest BCUT2D eigenvalue weighted by molar-refractivity contribution is -0.144. The molecule has 0 bridgehead atoms. The molecule has 0 fully saturated rings. The summed E-state index contributed by atoms with van der Waals surface area (Å²) in [6, 6.07) is 13.0. The first-order valence-corrected chi connectivity index (χ1v) is 6.86. The van der Waals surface area contributed by atoms with Crippen molar-refractivity contribution in [1.29, 1.82) is 0 Å². The van der Waals surface area contributed by atoms with E-state index in [1.165, 1.54) is 6.07 Å². The number of carbonyl (C=O) groups excluding carboxylic acids is 1. The van der Waals surface area contributed by atoms with Gasteiger partial charge in [0.15, 0.2) is 6.04 Å². The van der Waals surface area contributed by atoms with Crippen molar-refractivity contribution in [3.63, 3.8) is 0 Å². The Labute approximate surface area is 123 Å². The van der Waals surface area contributed by atoms with Crippen molar-refractivity contribution in [2.45, 2.75) is 19.9 Å². The Balaban J connectivity index is 2.33. The van der Waals surface area contributed by atoms with Gasteiger partial charge in [0.05, 0.1) is 12.3 Å². The highest BCUT2D eigenvalue weighted by atomic mass is 19.1. The molecule has 0 aromatic heterocycles. The van der Waals surface area contributed by atoms with Crippen molar-refractivity contribution in [1.82, 2.24) is 0 Å². The molecule has 0 saturated heterocycles. The van der Waals surface area contributed by atoms with Gasteiger partial charge in [0.1, 0.15) is 5.82 Å². The standard InChI is InChI=1S/C17H18FNO2/c1-3-21-17(20)16(13-8-6-7-12(2)11-13)19-15-10-5-4-9-14(15)18/h4-11,16,19H,3H2,1-2H3. The van der Waals surface area contributed by atoms with E-state index in [4.69, 9.17) is 4.74 Å². The lowest BCUT2D eigenvalue weighted by Crippen LogP contribution is -2.24. The van der Waals surface area contributed by atoms with E-state index in [1.54, 1.807) is 25.1 Å². The quantitative estimate of drug-likeness (QED) is 0.849. The van der Waals surface area contributed by atoms with Crippen LogP contribution in [0.5, 0.6) is 0 Å². The van der Waals surface area contributed by atoms with Gasteiger partial charge in [0.2, 0.25) is 0 Å². The first kappa shape index (κ1) is 15.0. The molecule has 0 aliphatic heterocycles. The molecule has 1 N–H and O–H groups in total. The summed E-state index contributed by atoms with van der Waals surface area (Å²) >= 11 is 0. The third-order valence-corrected chi connectivity index (χ3v) is 3.07. The van der Waals surface area contributed by atoms with Crippen molar-refractivity contribution in [2.75, 3.05) is 11.9 Å². The number of anilines is 1. The molecule has 0 spiro atoms. The number of para-hydroxylation sites is 1. The molecule has 1 unspecified atom stereocenters. The van der Waals surface area contributed by atoms with Gasteiger partial charge in [-0.3, -0.25) is 0 Å². The molecule has 0 radical (unpaired) electrons. The highest BCUT2D eigenvalue weighted by molar-refractivity contribution is 5.81. The summed E-state index contributed by atoms with van der Waals surface area (Å²) in [5, 5.41) is 2.93. The molecule has 0 saturated carbocycles. The fourth-order valence-electron chi connectivity index (χ4n) is 2.09. The Morgan fingerprint density at radius 2 is 2.00 bits per heavy atom. The van der Waals surface area contributed by atoms with E-state index >= 15 is 0 Å². The monoisotopic (exact) mass is 287 g/mol. The molecular formula is C17H18FNO2. The van der Waals surface area contributed by atoms with Crippen LogP contribution in [0.3, 0.4) is 0 Å². The van der Waals surface area contributed by atoms with E-state index in [-0.39, 0.29) is 12.3 Å². The average Bonchev–Trinajstić information content (AvgIpc) is 2.46. The first-order chi connectivity index (χ1) is 10.1. The van der Waals surface area contributed by atoms with Crippen LogP contribution in [0.15, 0.2) is 48.5 Å². The maximum absolute atomic E-state index is 13.8. The second kappa shape index (κ2) is 6.88. The number of rotatable bonds is 5. The van der Waals surface area contributed by atoms with Gasteiger partial charge >= 0.3 is 5.97 Å². The summed E-state index contributed by atoms with van der Waals surface area (Å²) in [7, 11) is 0. The summed E-state index contributed by atoms with van der Waals surface area (Å²) in [6.45, 7) is 3.96.